The van der Waals surface area contributed by atoms with Gasteiger partial charge in [0.15, 0.2) is 0 Å². The van der Waals surface area contributed by atoms with Gasteiger partial charge in [-0.25, -0.2) is 4.79 Å². The molecule has 1 aliphatic heterocycles. The van der Waals surface area contributed by atoms with Crippen molar-refractivity contribution in [3.05, 3.63) is 35.9 Å². The Bertz CT molecular complexity index is 461. The van der Waals surface area contributed by atoms with Crippen molar-refractivity contribution in [3.8, 4) is 0 Å². The van der Waals surface area contributed by atoms with E-state index in [2.05, 4.69) is 5.32 Å². The zero-order valence-electron chi connectivity index (χ0n) is 11.4. The summed E-state index contributed by atoms with van der Waals surface area (Å²) in [5, 5.41) is 12.1. The van der Waals surface area contributed by atoms with Crippen molar-refractivity contribution >= 4 is 11.9 Å². The maximum Gasteiger partial charge on any atom is 0.326 e. The summed E-state index contributed by atoms with van der Waals surface area (Å²) in [4.78, 5) is 24.5. The molecule has 1 amide bonds. The van der Waals surface area contributed by atoms with Gasteiger partial charge in [0.1, 0.15) is 6.04 Å². The molecule has 0 bridgehead atoms. The van der Waals surface area contributed by atoms with E-state index in [1.165, 1.54) is 10.5 Å². The van der Waals surface area contributed by atoms with Crippen LogP contribution in [0, 0.1) is 0 Å². The van der Waals surface area contributed by atoms with Gasteiger partial charge in [0.25, 0.3) is 0 Å². The lowest BCUT2D eigenvalue weighted by molar-refractivity contribution is -0.147. The highest BCUT2D eigenvalue weighted by atomic mass is 16.4. The Labute approximate surface area is 118 Å². The van der Waals surface area contributed by atoms with Crippen LogP contribution in [0.2, 0.25) is 0 Å². The van der Waals surface area contributed by atoms with Crippen molar-refractivity contribution in [2.45, 2.75) is 25.3 Å². The monoisotopic (exact) mass is 276 g/mol. The maximum atomic E-state index is 12.0. The summed E-state index contributed by atoms with van der Waals surface area (Å²) in [5.74, 6) is -1.02. The van der Waals surface area contributed by atoms with Crippen molar-refractivity contribution in [1.29, 1.82) is 0 Å². The topological polar surface area (TPSA) is 69.6 Å². The molecule has 5 nitrogen and oxygen atoms in total. The highest BCUT2D eigenvalue weighted by Crippen LogP contribution is 2.17. The van der Waals surface area contributed by atoms with Gasteiger partial charge in [-0.1, -0.05) is 30.3 Å². The lowest BCUT2D eigenvalue weighted by Gasteiger charge is -2.21. The number of aliphatic carboxylic acids is 1. The van der Waals surface area contributed by atoms with Crippen LogP contribution in [0.5, 0.6) is 0 Å². The molecule has 5 heteroatoms. The number of benzene rings is 1. The first kappa shape index (κ1) is 14.5. The number of amides is 1. The Morgan fingerprint density at radius 3 is 2.75 bits per heavy atom. The Morgan fingerprint density at radius 1 is 1.30 bits per heavy atom. The highest BCUT2D eigenvalue weighted by Gasteiger charge is 2.33. The lowest BCUT2D eigenvalue weighted by atomic mass is 10.1. The van der Waals surface area contributed by atoms with Crippen molar-refractivity contribution in [2.24, 2.45) is 0 Å². The average Bonchev–Trinajstić information content (AvgIpc) is 2.94. The van der Waals surface area contributed by atoms with Gasteiger partial charge >= 0.3 is 5.97 Å². The van der Waals surface area contributed by atoms with Gasteiger partial charge in [0.05, 0.1) is 6.54 Å². The minimum atomic E-state index is -0.903. The van der Waals surface area contributed by atoms with Crippen LogP contribution < -0.4 is 5.32 Å². The second-order valence-corrected chi connectivity index (χ2v) is 5.00. The Morgan fingerprint density at radius 2 is 2.05 bits per heavy atom. The van der Waals surface area contributed by atoms with E-state index >= 15 is 0 Å². The summed E-state index contributed by atoms with van der Waals surface area (Å²) in [6, 6.07) is 9.40. The fourth-order valence-electron chi connectivity index (χ4n) is 2.50. The molecule has 1 aliphatic rings. The zero-order valence-corrected chi connectivity index (χ0v) is 11.4. The number of rotatable bonds is 6. The molecule has 1 aromatic carbocycles. The van der Waals surface area contributed by atoms with E-state index in [4.69, 9.17) is 5.11 Å². The molecule has 1 fully saturated rings. The van der Waals surface area contributed by atoms with Crippen LogP contribution in [0.3, 0.4) is 0 Å². The molecule has 0 aromatic heterocycles. The minimum Gasteiger partial charge on any atom is -0.480 e. The van der Waals surface area contributed by atoms with E-state index in [9.17, 15) is 9.59 Å². The van der Waals surface area contributed by atoms with Crippen LogP contribution in [0.1, 0.15) is 18.4 Å². The second kappa shape index (κ2) is 7.05. The van der Waals surface area contributed by atoms with Crippen molar-refractivity contribution in [3.63, 3.8) is 0 Å². The standard InChI is InChI=1S/C15H20N2O3/c18-14(17-10-4-7-13(17)15(19)20)11-16-9-8-12-5-2-1-3-6-12/h1-3,5-6,13,16H,4,7-11H2,(H,19,20). The van der Waals surface area contributed by atoms with Crippen LogP contribution in [-0.4, -0.2) is 47.6 Å². The number of carboxylic acid groups (broad SMARTS) is 1. The molecular formula is C15H20N2O3. The molecule has 1 unspecified atom stereocenters. The molecule has 20 heavy (non-hydrogen) atoms. The predicted octanol–water partition coefficient (Wildman–Crippen LogP) is 0.894. The van der Waals surface area contributed by atoms with Crippen molar-refractivity contribution in [2.75, 3.05) is 19.6 Å². The first-order valence-corrected chi connectivity index (χ1v) is 6.95. The molecular weight excluding hydrogens is 256 g/mol. The average molecular weight is 276 g/mol. The first-order valence-electron chi connectivity index (χ1n) is 6.95. The molecule has 1 atom stereocenters. The minimum absolute atomic E-state index is 0.122. The van der Waals surface area contributed by atoms with Gasteiger partial charge in [-0.3, -0.25) is 4.79 Å². The summed E-state index contributed by atoms with van der Waals surface area (Å²) in [6.45, 7) is 1.47. The van der Waals surface area contributed by atoms with Crippen molar-refractivity contribution in [1.82, 2.24) is 10.2 Å². The van der Waals surface area contributed by atoms with E-state index < -0.39 is 12.0 Å². The van der Waals surface area contributed by atoms with E-state index in [-0.39, 0.29) is 12.5 Å². The van der Waals surface area contributed by atoms with Gasteiger partial charge in [-0.15, -0.1) is 0 Å². The zero-order chi connectivity index (χ0) is 14.4. The number of nitrogens with zero attached hydrogens (tertiary/aromatic N) is 1. The molecule has 2 rings (SSSR count). The molecule has 0 aliphatic carbocycles. The third kappa shape index (κ3) is 3.81. The first-order chi connectivity index (χ1) is 9.68. The molecule has 0 saturated carbocycles. The van der Waals surface area contributed by atoms with Crippen LogP contribution in [0.25, 0.3) is 0 Å². The largest absolute Gasteiger partial charge is 0.480 e. The Hall–Kier alpha value is -1.88. The van der Waals surface area contributed by atoms with E-state index in [0.29, 0.717) is 19.5 Å². The van der Waals surface area contributed by atoms with Crippen LogP contribution in [0.4, 0.5) is 0 Å². The predicted molar refractivity (Wildman–Crippen MR) is 75.4 cm³/mol. The fourth-order valence-corrected chi connectivity index (χ4v) is 2.50. The highest BCUT2D eigenvalue weighted by molar-refractivity contribution is 5.85. The van der Waals surface area contributed by atoms with E-state index in [1.54, 1.807) is 0 Å². The molecule has 1 aromatic rings. The maximum absolute atomic E-state index is 12.0. The number of hydrogen-bond donors (Lipinski definition) is 2. The number of nitrogens with one attached hydrogen (secondary N) is 1. The Balaban J connectivity index is 1.71. The summed E-state index contributed by atoms with van der Waals surface area (Å²) in [6.07, 6.45) is 2.19. The van der Waals surface area contributed by atoms with E-state index in [1.807, 2.05) is 30.3 Å². The van der Waals surface area contributed by atoms with Gasteiger partial charge in [-0.05, 0) is 31.4 Å². The SMILES string of the molecule is O=C(O)C1CCCN1C(=O)CNCCc1ccccc1. The summed E-state index contributed by atoms with van der Waals surface area (Å²) in [5.41, 5.74) is 1.22. The van der Waals surface area contributed by atoms with Crippen LogP contribution in [-0.2, 0) is 16.0 Å². The third-order valence-corrected chi connectivity index (χ3v) is 3.57. The molecule has 0 radical (unpaired) electrons. The van der Waals surface area contributed by atoms with E-state index in [0.717, 1.165) is 12.8 Å². The van der Waals surface area contributed by atoms with Gasteiger partial charge in [0, 0.05) is 6.54 Å². The lowest BCUT2D eigenvalue weighted by Crippen LogP contribution is -2.44. The number of carbonyl (C=O) groups is 2. The summed E-state index contributed by atoms with van der Waals surface area (Å²) < 4.78 is 0. The molecule has 108 valence electrons. The normalized spacial score (nSPS) is 18.2. The number of likely N-dealkylation sites (tertiary alicyclic amines) is 1. The molecule has 0 spiro atoms. The van der Waals surface area contributed by atoms with Gasteiger partial charge < -0.3 is 15.3 Å². The second-order valence-electron chi connectivity index (χ2n) is 5.00. The number of carbonyl (C=O) groups excluding carboxylic acids is 1. The number of hydrogen-bond acceptors (Lipinski definition) is 3. The molecule has 1 heterocycles. The van der Waals surface area contributed by atoms with Crippen LogP contribution >= 0.6 is 0 Å². The third-order valence-electron chi connectivity index (χ3n) is 3.57. The quantitative estimate of drug-likeness (QED) is 0.757. The van der Waals surface area contributed by atoms with Crippen molar-refractivity contribution < 1.29 is 14.7 Å². The van der Waals surface area contributed by atoms with Gasteiger partial charge in [0.2, 0.25) is 5.91 Å². The summed E-state index contributed by atoms with van der Waals surface area (Å²) in [7, 11) is 0. The van der Waals surface area contributed by atoms with Gasteiger partial charge in [-0.2, -0.15) is 0 Å². The Kier molecular flexibility index (Phi) is 5.12. The fraction of sp³-hybridized carbons (Fsp3) is 0.467. The number of carboxylic acids is 1. The molecule has 1 saturated heterocycles. The van der Waals surface area contributed by atoms with Crippen LogP contribution in [0.15, 0.2) is 30.3 Å². The summed E-state index contributed by atoms with van der Waals surface area (Å²) >= 11 is 0. The smallest absolute Gasteiger partial charge is 0.326 e. The molecule has 2 N–H and O–H groups in total.